The van der Waals surface area contributed by atoms with Gasteiger partial charge in [0.25, 0.3) is 0 Å². The van der Waals surface area contributed by atoms with Gasteiger partial charge in [-0.25, -0.2) is 0 Å². The van der Waals surface area contributed by atoms with Crippen LogP contribution in [0, 0.1) is 5.92 Å². The third-order valence-electron chi connectivity index (χ3n) is 7.75. The molecule has 0 rings (SSSR count). The molecule has 0 aromatic heterocycles. The Morgan fingerprint density at radius 3 is 1.13 bits per heavy atom. The SMILES string of the molecule is C=C(CCOCCOCCOCCC)NCCCC[C@@H](C)C(C)=O.CCCC.CCCC.CCCC.CCCOCCC.CCCOCCOCCOCCNC(=O)CBr. The number of ether oxygens (including phenoxy) is 7. The molecule has 60 heavy (non-hydrogen) atoms. The lowest BCUT2D eigenvalue weighted by Gasteiger charge is -2.11. The van der Waals surface area contributed by atoms with E-state index < -0.39 is 0 Å². The van der Waals surface area contributed by atoms with Crippen LogP contribution in [0.3, 0.4) is 0 Å². The van der Waals surface area contributed by atoms with E-state index in [0.29, 0.717) is 77.9 Å². The molecule has 0 unspecified atom stereocenters. The fraction of sp³-hybridized carbons (Fsp3) is 0.917. The Balaban J connectivity index is -0.000000173. The Kier molecular flexibility index (Phi) is 85.0. The van der Waals surface area contributed by atoms with Crippen LogP contribution in [0.1, 0.15) is 173 Å². The largest absolute Gasteiger partial charge is 0.389 e. The fourth-order valence-electron chi connectivity index (χ4n) is 3.40. The first-order valence-electron chi connectivity index (χ1n) is 23.8. The first-order chi connectivity index (χ1) is 29.0. The average molecular weight is 932 g/mol. The van der Waals surface area contributed by atoms with E-state index in [2.05, 4.69) is 102 Å². The maximum absolute atomic E-state index is 11.1. The summed E-state index contributed by atoms with van der Waals surface area (Å²) in [5.41, 5.74) is 1.00. The van der Waals surface area contributed by atoms with Gasteiger partial charge in [0.2, 0.25) is 5.91 Å². The third kappa shape index (κ3) is 88.2. The fourth-order valence-corrected chi connectivity index (χ4v) is 3.60. The summed E-state index contributed by atoms with van der Waals surface area (Å²) in [6.07, 6.45) is 16.2. The maximum atomic E-state index is 11.1. The van der Waals surface area contributed by atoms with Crippen LogP contribution in [0.25, 0.3) is 0 Å². The van der Waals surface area contributed by atoms with Gasteiger partial charge in [0.1, 0.15) is 5.78 Å². The molecule has 0 aromatic carbocycles. The predicted molar refractivity (Wildman–Crippen MR) is 261 cm³/mol. The minimum Gasteiger partial charge on any atom is -0.389 e. The van der Waals surface area contributed by atoms with Crippen LogP contribution in [0.15, 0.2) is 12.3 Å². The summed E-state index contributed by atoms with van der Waals surface area (Å²) in [6.45, 7) is 40.0. The quantitative estimate of drug-likeness (QED) is 0.0460. The van der Waals surface area contributed by atoms with Crippen molar-refractivity contribution in [2.45, 2.75) is 173 Å². The monoisotopic (exact) mass is 931 g/mol. The molecule has 0 aliphatic heterocycles. The minimum absolute atomic E-state index is 0.0297. The van der Waals surface area contributed by atoms with E-state index in [0.717, 1.165) is 90.0 Å². The second-order valence-electron chi connectivity index (χ2n) is 14.1. The molecule has 366 valence electrons. The zero-order valence-corrected chi connectivity index (χ0v) is 43.3. The van der Waals surface area contributed by atoms with Crippen molar-refractivity contribution < 1.29 is 42.7 Å². The van der Waals surface area contributed by atoms with Crippen LogP contribution in [-0.4, -0.2) is 123 Å². The van der Waals surface area contributed by atoms with Crippen molar-refractivity contribution in [3.05, 3.63) is 12.3 Å². The Labute approximate surface area is 381 Å². The van der Waals surface area contributed by atoms with Gasteiger partial charge in [-0.1, -0.05) is 144 Å². The van der Waals surface area contributed by atoms with Crippen LogP contribution in [0.5, 0.6) is 0 Å². The predicted octanol–water partition coefficient (Wildman–Crippen LogP) is 11.5. The summed E-state index contributed by atoms with van der Waals surface area (Å²) in [5.74, 6) is 0.432. The van der Waals surface area contributed by atoms with E-state index >= 15 is 0 Å². The van der Waals surface area contributed by atoms with E-state index in [1.165, 1.54) is 38.5 Å². The van der Waals surface area contributed by atoms with E-state index in [1.807, 2.05) is 6.92 Å². The van der Waals surface area contributed by atoms with Gasteiger partial charge in [-0.15, -0.1) is 0 Å². The molecular weight excluding hydrogens is 828 g/mol. The van der Waals surface area contributed by atoms with Crippen LogP contribution in [0.2, 0.25) is 0 Å². The zero-order chi connectivity index (χ0) is 46.6. The molecule has 0 aromatic rings. The van der Waals surface area contributed by atoms with Gasteiger partial charge in [0.15, 0.2) is 0 Å². The number of nitrogens with one attached hydrogen (secondary N) is 2. The molecule has 0 bridgehead atoms. The third-order valence-corrected chi connectivity index (χ3v) is 8.26. The maximum Gasteiger partial charge on any atom is 0.230 e. The summed E-state index contributed by atoms with van der Waals surface area (Å²) in [7, 11) is 0. The molecule has 12 heteroatoms. The standard InChI is InChI=1S/C19H37NO4.C11H22BrNO4.C6H14O.3C4H10/c1-5-11-22-13-15-24-16-14-23-12-9-18(3)20-10-7-6-8-17(2)19(4)21;1-2-4-15-6-8-17-9-7-16-5-3-13-11(14)10-12;1-3-5-7-6-4-2;3*1-3-4-2/h17,20H,3,5-16H2,1-2,4H3;2-10H2,1H3,(H,13,14);3-6H2,1-2H3;3*3-4H2,1-2H3/t17-;;;;;/m1...../s1. The number of hydrogen-bond acceptors (Lipinski definition) is 10. The molecule has 2 N–H and O–H groups in total. The van der Waals surface area contributed by atoms with Gasteiger partial charge in [-0.3, -0.25) is 9.59 Å². The number of Topliss-reactive ketones (excluding diaryl/α,β-unsaturated/α-hetero) is 1. The Bertz CT molecular complexity index is 748. The lowest BCUT2D eigenvalue weighted by Crippen LogP contribution is -2.28. The molecule has 0 saturated heterocycles. The molecule has 0 saturated carbocycles. The van der Waals surface area contributed by atoms with Gasteiger partial charge in [0, 0.05) is 57.6 Å². The molecule has 11 nitrogen and oxygen atoms in total. The van der Waals surface area contributed by atoms with Crippen molar-refractivity contribution in [3.8, 4) is 0 Å². The van der Waals surface area contributed by atoms with Gasteiger partial charge >= 0.3 is 0 Å². The second kappa shape index (κ2) is 72.3. The highest BCUT2D eigenvalue weighted by molar-refractivity contribution is 9.09. The highest BCUT2D eigenvalue weighted by Gasteiger charge is 2.06. The van der Waals surface area contributed by atoms with Gasteiger partial charge < -0.3 is 43.8 Å². The average Bonchev–Trinajstić information content (AvgIpc) is 3.26. The van der Waals surface area contributed by atoms with Gasteiger partial charge in [0.05, 0.1) is 71.4 Å². The Hall–Kier alpha value is -1.12. The minimum atomic E-state index is -0.0297. The molecule has 0 radical (unpaired) electrons. The number of carbonyl (C=O) groups excluding carboxylic acids is 2. The summed E-state index contributed by atoms with van der Waals surface area (Å²) in [6, 6.07) is 0. The highest BCUT2D eigenvalue weighted by Crippen LogP contribution is 2.08. The number of halogens is 1. The number of ketones is 1. The Morgan fingerprint density at radius 2 is 0.800 bits per heavy atom. The summed E-state index contributed by atoms with van der Waals surface area (Å²) < 4.78 is 37.2. The molecule has 1 atom stereocenters. The van der Waals surface area contributed by atoms with E-state index in [1.54, 1.807) is 6.92 Å². The first kappa shape index (κ1) is 70.5. The van der Waals surface area contributed by atoms with Gasteiger partial charge in [-0.05, 0) is 45.4 Å². The van der Waals surface area contributed by atoms with Crippen molar-refractivity contribution in [1.29, 1.82) is 0 Å². The molecular formula is C48H103BrN2O9. The van der Waals surface area contributed by atoms with Crippen LogP contribution in [0.4, 0.5) is 0 Å². The molecule has 0 fully saturated rings. The normalized spacial score (nSPS) is 10.4. The van der Waals surface area contributed by atoms with Crippen LogP contribution < -0.4 is 10.6 Å². The van der Waals surface area contributed by atoms with Crippen molar-refractivity contribution in [2.75, 3.05) is 111 Å². The lowest BCUT2D eigenvalue weighted by molar-refractivity contribution is -0.120. The van der Waals surface area contributed by atoms with Crippen LogP contribution in [-0.2, 0) is 42.7 Å². The van der Waals surface area contributed by atoms with Gasteiger partial charge in [-0.2, -0.15) is 0 Å². The number of carbonyl (C=O) groups is 2. The molecule has 0 aliphatic carbocycles. The summed E-state index contributed by atoms with van der Waals surface area (Å²) in [4.78, 5) is 21.9. The number of alkyl halides is 1. The van der Waals surface area contributed by atoms with E-state index in [4.69, 9.17) is 33.2 Å². The van der Waals surface area contributed by atoms with Crippen LogP contribution >= 0.6 is 15.9 Å². The Morgan fingerprint density at radius 1 is 0.467 bits per heavy atom. The zero-order valence-electron chi connectivity index (χ0n) is 41.8. The van der Waals surface area contributed by atoms with E-state index in [-0.39, 0.29) is 17.6 Å². The molecule has 0 heterocycles. The lowest BCUT2D eigenvalue weighted by atomic mass is 10.0. The van der Waals surface area contributed by atoms with Crippen molar-refractivity contribution >= 4 is 27.6 Å². The number of amides is 1. The van der Waals surface area contributed by atoms with Crippen molar-refractivity contribution in [3.63, 3.8) is 0 Å². The van der Waals surface area contributed by atoms with E-state index in [9.17, 15) is 9.59 Å². The number of unbranched alkanes of at least 4 members (excludes halogenated alkanes) is 4. The van der Waals surface area contributed by atoms with Crippen molar-refractivity contribution in [1.82, 2.24) is 10.6 Å². The molecule has 1 amide bonds. The van der Waals surface area contributed by atoms with Crippen molar-refractivity contribution in [2.24, 2.45) is 5.92 Å². The topological polar surface area (TPSA) is 123 Å². The smallest absolute Gasteiger partial charge is 0.230 e. The summed E-state index contributed by atoms with van der Waals surface area (Å²) >= 11 is 3.06. The molecule has 0 aliphatic rings. The first-order valence-corrected chi connectivity index (χ1v) is 25.0. The number of rotatable bonds is 37. The second-order valence-corrected chi connectivity index (χ2v) is 14.6. The molecule has 0 spiro atoms. The highest BCUT2D eigenvalue weighted by atomic mass is 79.9. The number of hydrogen-bond donors (Lipinski definition) is 2. The summed E-state index contributed by atoms with van der Waals surface area (Å²) in [5, 5.41) is 6.32.